The molecule has 0 bridgehead atoms. The van der Waals surface area contributed by atoms with Gasteiger partial charge in [-0.25, -0.2) is 4.79 Å². The number of carbonyl (C=O) groups excluding carboxylic acids is 1. The van der Waals surface area contributed by atoms with Crippen molar-refractivity contribution in [3.8, 4) is 0 Å². The third kappa shape index (κ3) is 3.20. The highest BCUT2D eigenvalue weighted by Gasteiger charge is 2.22. The Labute approximate surface area is 98.8 Å². The fraction of sp³-hybridized carbons (Fsp3) is 0.462. The van der Waals surface area contributed by atoms with Crippen molar-refractivity contribution in [3.05, 3.63) is 34.4 Å². The molecule has 1 aromatic rings. The summed E-state index contributed by atoms with van der Waals surface area (Å²) >= 11 is 0. The van der Waals surface area contributed by atoms with Gasteiger partial charge in [-0.1, -0.05) is 6.07 Å². The standard InChI is InChI=1S/C13H20O2Si/c1-9-7-11(3)12(8-10(9)2)13(14)15-16(4,5)6/h7-8H,1-6H3. The summed E-state index contributed by atoms with van der Waals surface area (Å²) in [6, 6.07) is 3.96. The van der Waals surface area contributed by atoms with E-state index in [1.165, 1.54) is 5.56 Å². The first-order valence-corrected chi connectivity index (χ1v) is 8.93. The molecule has 0 aromatic heterocycles. The predicted octanol–water partition coefficient (Wildman–Crippen LogP) is 3.60. The zero-order chi connectivity index (χ0) is 12.5. The van der Waals surface area contributed by atoms with Gasteiger partial charge in [0.1, 0.15) is 0 Å². The van der Waals surface area contributed by atoms with Gasteiger partial charge in [0.2, 0.25) is 8.32 Å². The average molecular weight is 236 g/mol. The van der Waals surface area contributed by atoms with E-state index in [1.54, 1.807) is 0 Å². The zero-order valence-corrected chi connectivity index (χ0v) is 12.0. The largest absolute Gasteiger partial charge is 0.516 e. The topological polar surface area (TPSA) is 26.3 Å². The minimum atomic E-state index is -1.81. The van der Waals surface area contributed by atoms with Gasteiger partial charge in [0, 0.05) is 0 Å². The Kier molecular flexibility index (Phi) is 3.58. The van der Waals surface area contributed by atoms with Crippen LogP contribution in [0.4, 0.5) is 0 Å². The number of rotatable bonds is 2. The minimum Gasteiger partial charge on any atom is -0.516 e. The Morgan fingerprint density at radius 1 is 1.00 bits per heavy atom. The monoisotopic (exact) mass is 236 g/mol. The van der Waals surface area contributed by atoms with Crippen molar-refractivity contribution in [1.29, 1.82) is 0 Å². The van der Waals surface area contributed by atoms with Gasteiger partial charge in [-0.15, -0.1) is 0 Å². The Bertz CT molecular complexity index is 417. The summed E-state index contributed by atoms with van der Waals surface area (Å²) in [6.07, 6.45) is 0. The van der Waals surface area contributed by atoms with Crippen LogP contribution in [-0.2, 0) is 4.43 Å². The summed E-state index contributed by atoms with van der Waals surface area (Å²) < 4.78 is 5.50. The molecule has 0 saturated heterocycles. The van der Waals surface area contributed by atoms with Gasteiger partial charge in [-0.2, -0.15) is 0 Å². The van der Waals surface area contributed by atoms with E-state index in [0.717, 1.165) is 11.1 Å². The van der Waals surface area contributed by atoms with E-state index in [9.17, 15) is 4.79 Å². The van der Waals surface area contributed by atoms with E-state index in [2.05, 4.69) is 6.92 Å². The summed E-state index contributed by atoms with van der Waals surface area (Å²) in [5.74, 6) is -0.181. The van der Waals surface area contributed by atoms with Gasteiger partial charge in [0.15, 0.2) is 0 Å². The van der Waals surface area contributed by atoms with E-state index in [-0.39, 0.29) is 5.97 Å². The molecule has 1 aromatic carbocycles. The van der Waals surface area contributed by atoms with E-state index in [4.69, 9.17) is 4.43 Å². The molecule has 3 heteroatoms. The second kappa shape index (κ2) is 4.42. The number of hydrogen-bond donors (Lipinski definition) is 0. The molecular formula is C13H20O2Si. The molecule has 2 nitrogen and oxygen atoms in total. The molecule has 0 unspecified atom stereocenters. The molecule has 0 saturated carbocycles. The summed E-state index contributed by atoms with van der Waals surface area (Å²) in [6.45, 7) is 12.1. The molecule has 0 N–H and O–H groups in total. The summed E-state index contributed by atoms with van der Waals surface area (Å²) in [5, 5.41) is 0. The van der Waals surface area contributed by atoms with Crippen molar-refractivity contribution in [1.82, 2.24) is 0 Å². The zero-order valence-electron chi connectivity index (χ0n) is 11.0. The van der Waals surface area contributed by atoms with Gasteiger partial charge in [-0.3, -0.25) is 0 Å². The van der Waals surface area contributed by atoms with Crippen molar-refractivity contribution in [3.63, 3.8) is 0 Å². The predicted molar refractivity (Wildman–Crippen MR) is 69.4 cm³/mol. The third-order valence-corrected chi connectivity index (χ3v) is 3.26. The Morgan fingerprint density at radius 3 is 2.00 bits per heavy atom. The lowest BCUT2D eigenvalue weighted by atomic mass is 10.0. The van der Waals surface area contributed by atoms with Gasteiger partial charge >= 0.3 is 5.97 Å². The highest BCUT2D eigenvalue weighted by molar-refractivity contribution is 6.71. The van der Waals surface area contributed by atoms with E-state index < -0.39 is 8.32 Å². The summed E-state index contributed by atoms with van der Waals surface area (Å²) in [7, 11) is -1.81. The van der Waals surface area contributed by atoms with Crippen LogP contribution in [0, 0.1) is 20.8 Å². The van der Waals surface area contributed by atoms with Crippen LogP contribution in [0.15, 0.2) is 12.1 Å². The lowest BCUT2D eigenvalue weighted by molar-refractivity contribution is 0.0724. The van der Waals surface area contributed by atoms with E-state index in [0.29, 0.717) is 5.56 Å². The van der Waals surface area contributed by atoms with Crippen molar-refractivity contribution in [2.75, 3.05) is 0 Å². The molecule has 1 rings (SSSR count). The lowest BCUT2D eigenvalue weighted by Crippen LogP contribution is -2.29. The highest BCUT2D eigenvalue weighted by Crippen LogP contribution is 2.18. The fourth-order valence-corrected chi connectivity index (χ4v) is 2.18. The third-order valence-electron chi connectivity index (χ3n) is 2.46. The average Bonchev–Trinajstić information content (AvgIpc) is 2.08. The molecule has 0 aliphatic rings. The van der Waals surface area contributed by atoms with Crippen molar-refractivity contribution >= 4 is 14.3 Å². The molecule has 0 fully saturated rings. The van der Waals surface area contributed by atoms with Crippen molar-refractivity contribution < 1.29 is 9.22 Å². The van der Waals surface area contributed by atoms with Crippen LogP contribution in [-0.4, -0.2) is 14.3 Å². The van der Waals surface area contributed by atoms with E-state index in [1.807, 2.05) is 45.6 Å². The first kappa shape index (κ1) is 13.0. The van der Waals surface area contributed by atoms with Crippen LogP contribution >= 0.6 is 0 Å². The Balaban J connectivity index is 3.05. The van der Waals surface area contributed by atoms with Crippen molar-refractivity contribution in [2.24, 2.45) is 0 Å². The van der Waals surface area contributed by atoms with Gasteiger partial charge in [0.25, 0.3) is 0 Å². The maximum absolute atomic E-state index is 12.0. The first-order valence-electron chi connectivity index (χ1n) is 5.52. The van der Waals surface area contributed by atoms with Crippen LogP contribution < -0.4 is 0 Å². The molecular weight excluding hydrogens is 216 g/mol. The van der Waals surface area contributed by atoms with Crippen molar-refractivity contribution in [2.45, 2.75) is 40.4 Å². The second-order valence-corrected chi connectivity index (χ2v) is 9.68. The molecule has 0 spiro atoms. The maximum atomic E-state index is 12.0. The van der Waals surface area contributed by atoms with Crippen LogP contribution in [0.3, 0.4) is 0 Å². The van der Waals surface area contributed by atoms with Gasteiger partial charge in [0.05, 0.1) is 5.56 Å². The SMILES string of the molecule is Cc1cc(C)c(C(=O)O[Si](C)(C)C)cc1C. The minimum absolute atomic E-state index is 0.181. The number of hydrogen-bond acceptors (Lipinski definition) is 2. The highest BCUT2D eigenvalue weighted by atomic mass is 28.4. The molecule has 0 atom stereocenters. The summed E-state index contributed by atoms with van der Waals surface area (Å²) in [4.78, 5) is 12.0. The van der Waals surface area contributed by atoms with Gasteiger partial charge < -0.3 is 4.43 Å². The molecule has 88 valence electrons. The molecule has 0 aliphatic carbocycles. The lowest BCUT2D eigenvalue weighted by Gasteiger charge is -2.18. The van der Waals surface area contributed by atoms with Gasteiger partial charge in [-0.05, 0) is 63.2 Å². The van der Waals surface area contributed by atoms with Crippen LogP contribution in [0.1, 0.15) is 27.0 Å². The molecule has 0 radical (unpaired) electrons. The van der Waals surface area contributed by atoms with Crippen LogP contribution in [0.2, 0.25) is 19.6 Å². The number of benzene rings is 1. The maximum Gasteiger partial charge on any atom is 0.325 e. The summed E-state index contributed by atoms with van der Waals surface area (Å²) in [5.41, 5.74) is 4.03. The van der Waals surface area contributed by atoms with E-state index >= 15 is 0 Å². The Hall–Kier alpha value is -1.09. The van der Waals surface area contributed by atoms with Crippen LogP contribution in [0.5, 0.6) is 0 Å². The molecule has 0 amide bonds. The molecule has 0 aliphatic heterocycles. The second-order valence-electron chi connectivity index (χ2n) is 5.25. The number of carbonyl (C=O) groups is 1. The fourth-order valence-electron chi connectivity index (χ4n) is 1.51. The smallest absolute Gasteiger partial charge is 0.325 e. The molecule has 16 heavy (non-hydrogen) atoms. The van der Waals surface area contributed by atoms with Crippen LogP contribution in [0.25, 0.3) is 0 Å². The normalized spacial score (nSPS) is 11.4. The first-order chi connectivity index (χ1) is 7.20. The number of aryl methyl sites for hydroxylation is 3. The molecule has 0 heterocycles. The Morgan fingerprint density at radius 2 is 1.50 bits per heavy atom. The quantitative estimate of drug-likeness (QED) is 0.733.